The van der Waals surface area contributed by atoms with Crippen LogP contribution in [0.5, 0.6) is 0 Å². The van der Waals surface area contributed by atoms with E-state index in [2.05, 4.69) is 0 Å². The molecule has 10 heteroatoms. The van der Waals surface area contributed by atoms with Crippen molar-refractivity contribution in [1.82, 2.24) is 4.90 Å². The molecule has 170 valence electrons. The highest BCUT2D eigenvalue weighted by Gasteiger charge is 2.46. The molecule has 3 aromatic rings. The molecule has 0 aromatic heterocycles. The number of aliphatic hydroxyl groups excluding tert-OH is 1. The first kappa shape index (κ1) is 22.3. The number of rotatable bonds is 6. The summed E-state index contributed by atoms with van der Waals surface area (Å²) in [6.07, 6.45) is 0. The van der Waals surface area contributed by atoms with Gasteiger partial charge in [-0.1, -0.05) is 30.3 Å². The van der Waals surface area contributed by atoms with Gasteiger partial charge in [0.05, 0.1) is 21.5 Å². The van der Waals surface area contributed by atoms with Gasteiger partial charge in [0.25, 0.3) is 23.1 Å². The van der Waals surface area contributed by atoms with Crippen molar-refractivity contribution < 1.29 is 24.5 Å². The van der Waals surface area contributed by atoms with Crippen molar-refractivity contribution in [2.24, 2.45) is 0 Å². The molecule has 1 heterocycles. The predicted molar refractivity (Wildman–Crippen MR) is 120 cm³/mol. The lowest BCUT2D eigenvalue weighted by Crippen LogP contribution is -2.29. The highest BCUT2D eigenvalue weighted by atomic mass is 16.6. The monoisotopic (exact) mass is 459 g/mol. The summed E-state index contributed by atoms with van der Waals surface area (Å²) < 4.78 is 0. The lowest BCUT2D eigenvalue weighted by Gasteiger charge is -2.25. The van der Waals surface area contributed by atoms with Gasteiger partial charge in [0.15, 0.2) is 0 Å². The van der Waals surface area contributed by atoms with Crippen LogP contribution in [-0.2, 0) is 16.1 Å². The number of nitro benzene ring substituents is 2. The van der Waals surface area contributed by atoms with E-state index in [1.165, 1.54) is 53.4 Å². The standard InChI is InChI=1S/C24H17N3O7/c28-22(17-8-12-19(13-9-17)27(33)34)20-21(16-6-10-18(11-7-16)26(31)32)25(24(30)23(20)29)14-15-4-2-1-3-5-15/h1-13,21,28H,14H2/t21-/m0/s1. The van der Waals surface area contributed by atoms with Crippen molar-refractivity contribution in [3.8, 4) is 0 Å². The van der Waals surface area contributed by atoms with Gasteiger partial charge in [-0.25, -0.2) is 0 Å². The molecule has 10 nitrogen and oxygen atoms in total. The SMILES string of the molecule is O=C1C(=O)N(Cc2ccccc2)[C@@H](c2ccc([N+](=O)[O-])cc2)C1=C(O)c1ccc([N+](=O)[O-])cc1. The summed E-state index contributed by atoms with van der Waals surface area (Å²) in [6, 6.07) is 18.2. The Hall–Kier alpha value is -4.86. The lowest BCUT2D eigenvalue weighted by molar-refractivity contribution is -0.385. The van der Waals surface area contributed by atoms with Crippen LogP contribution in [0.4, 0.5) is 11.4 Å². The Morgan fingerprint density at radius 3 is 1.88 bits per heavy atom. The Kier molecular flexibility index (Phi) is 5.88. The van der Waals surface area contributed by atoms with Crippen molar-refractivity contribution in [3.63, 3.8) is 0 Å². The zero-order valence-corrected chi connectivity index (χ0v) is 17.5. The average Bonchev–Trinajstić information content (AvgIpc) is 3.09. The molecule has 0 spiro atoms. The average molecular weight is 459 g/mol. The van der Waals surface area contributed by atoms with Crippen LogP contribution >= 0.6 is 0 Å². The molecule has 1 aliphatic heterocycles. The summed E-state index contributed by atoms with van der Waals surface area (Å²) in [5.74, 6) is -2.25. The molecule has 1 N–H and O–H groups in total. The van der Waals surface area contributed by atoms with Crippen LogP contribution in [0.15, 0.2) is 84.4 Å². The first-order chi connectivity index (χ1) is 16.3. The Morgan fingerprint density at radius 1 is 0.824 bits per heavy atom. The van der Waals surface area contributed by atoms with E-state index in [-0.39, 0.29) is 29.1 Å². The second-order valence-corrected chi connectivity index (χ2v) is 7.57. The number of hydrogen-bond donors (Lipinski definition) is 1. The summed E-state index contributed by atoms with van der Waals surface area (Å²) in [7, 11) is 0. The van der Waals surface area contributed by atoms with Crippen LogP contribution in [0.2, 0.25) is 0 Å². The number of ketones is 1. The molecular weight excluding hydrogens is 442 g/mol. The number of carbonyl (C=O) groups is 2. The molecule has 1 amide bonds. The maximum Gasteiger partial charge on any atom is 0.295 e. The summed E-state index contributed by atoms with van der Waals surface area (Å²) in [4.78, 5) is 48.1. The van der Waals surface area contributed by atoms with Gasteiger partial charge in [0, 0.05) is 36.4 Å². The Morgan fingerprint density at radius 2 is 1.35 bits per heavy atom. The van der Waals surface area contributed by atoms with E-state index in [1.807, 2.05) is 0 Å². The number of benzene rings is 3. The van der Waals surface area contributed by atoms with Crippen molar-refractivity contribution in [1.29, 1.82) is 0 Å². The predicted octanol–water partition coefficient (Wildman–Crippen LogP) is 4.12. The number of nitro groups is 2. The number of hydrogen-bond acceptors (Lipinski definition) is 7. The fraction of sp³-hybridized carbons (Fsp3) is 0.0833. The van der Waals surface area contributed by atoms with Crippen LogP contribution in [0.1, 0.15) is 22.7 Å². The number of nitrogens with zero attached hydrogens (tertiary/aromatic N) is 3. The maximum absolute atomic E-state index is 13.0. The highest BCUT2D eigenvalue weighted by molar-refractivity contribution is 6.46. The van der Waals surface area contributed by atoms with Crippen molar-refractivity contribution in [2.75, 3.05) is 0 Å². The van der Waals surface area contributed by atoms with Gasteiger partial charge < -0.3 is 10.0 Å². The Bertz CT molecular complexity index is 1320. The van der Waals surface area contributed by atoms with Gasteiger partial charge in [-0.15, -0.1) is 0 Å². The van der Waals surface area contributed by atoms with Gasteiger partial charge >= 0.3 is 0 Å². The fourth-order valence-corrected chi connectivity index (χ4v) is 3.84. The number of amides is 1. The summed E-state index contributed by atoms with van der Waals surface area (Å²) >= 11 is 0. The second kappa shape index (κ2) is 8.94. The molecule has 1 atom stereocenters. The molecule has 1 fully saturated rings. The lowest BCUT2D eigenvalue weighted by atomic mass is 9.95. The summed E-state index contributed by atoms with van der Waals surface area (Å²) in [6.45, 7) is 0.0596. The van der Waals surface area contributed by atoms with Crippen molar-refractivity contribution in [3.05, 3.63) is 121 Å². The third kappa shape index (κ3) is 4.11. The minimum absolute atomic E-state index is 0.0596. The maximum atomic E-state index is 13.0. The zero-order chi connectivity index (χ0) is 24.4. The van der Waals surface area contributed by atoms with Crippen LogP contribution in [-0.4, -0.2) is 31.5 Å². The normalized spacial score (nSPS) is 17.1. The van der Waals surface area contributed by atoms with E-state index in [0.29, 0.717) is 5.56 Å². The minimum Gasteiger partial charge on any atom is -0.507 e. The first-order valence-corrected chi connectivity index (χ1v) is 10.1. The van der Waals surface area contributed by atoms with Gasteiger partial charge in [0.2, 0.25) is 0 Å². The molecule has 4 rings (SSSR count). The van der Waals surface area contributed by atoms with Crippen LogP contribution < -0.4 is 0 Å². The van der Waals surface area contributed by atoms with Gasteiger partial charge in [-0.3, -0.25) is 29.8 Å². The molecule has 0 bridgehead atoms. The number of Topliss-reactive ketones (excluding diaryl/α,β-unsaturated/α-hetero) is 1. The van der Waals surface area contributed by atoms with Crippen molar-refractivity contribution >= 4 is 28.8 Å². The van der Waals surface area contributed by atoms with Gasteiger partial charge in [0.1, 0.15) is 5.76 Å². The second-order valence-electron chi connectivity index (χ2n) is 7.57. The Labute approximate surface area is 192 Å². The molecule has 0 radical (unpaired) electrons. The molecule has 3 aromatic carbocycles. The van der Waals surface area contributed by atoms with E-state index in [1.54, 1.807) is 30.3 Å². The number of non-ortho nitro benzene ring substituents is 2. The third-order valence-electron chi connectivity index (χ3n) is 5.51. The smallest absolute Gasteiger partial charge is 0.295 e. The first-order valence-electron chi connectivity index (χ1n) is 10.1. The van der Waals surface area contributed by atoms with Gasteiger partial charge in [-0.05, 0) is 35.4 Å². The summed E-state index contributed by atoms with van der Waals surface area (Å²) in [5, 5.41) is 33.0. The van der Waals surface area contributed by atoms with E-state index in [0.717, 1.165) is 5.56 Å². The molecule has 34 heavy (non-hydrogen) atoms. The van der Waals surface area contributed by atoms with E-state index >= 15 is 0 Å². The molecule has 0 unspecified atom stereocenters. The molecule has 0 saturated carbocycles. The molecule has 0 aliphatic carbocycles. The van der Waals surface area contributed by atoms with Crippen LogP contribution in [0.3, 0.4) is 0 Å². The quantitative estimate of drug-likeness (QED) is 0.192. The van der Waals surface area contributed by atoms with E-state index in [9.17, 15) is 34.9 Å². The fourth-order valence-electron chi connectivity index (χ4n) is 3.84. The van der Waals surface area contributed by atoms with E-state index < -0.39 is 33.3 Å². The van der Waals surface area contributed by atoms with Crippen LogP contribution in [0.25, 0.3) is 5.76 Å². The largest absolute Gasteiger partial charge is 0.507 e. The summed E-state index contributed by atoms with van der Waals surface area (Å²) in [5.41, 5.74) is 0.682. The number of likely N-dealkylation sites (tertiary alicyclic amines) is 1. The van der Waals surface area contributed by atoms with Gasteiger partial charge in [-0.2, -0.15) is 0 Å². The zero-order valence-electron chi connectivity index (χ0n) is 17.5. The molecule has 1 saturated heterocycles. The molecular formula is C24H17N3O7. The highest BCUT2D eigenvalue weighted by Crippen LogP contribution is 2.40. The number of aliphatic hydroxyl groups is 1. The van der Waals surface area contributed by atoms with E-state index in [4.69, 9.17) is 0 Å². The minimum atomic E-state index is -1.02. The topological polar surface area (TPSA) is 144 Å². The molecule has 1 aliphatic rings. The Balaban J connectivity index is 1.84. The number of carbonyl (C=O) groups excluding carboxylic acids is 2. The van der Waals surface area contributed by atoms with Crippen LogP contribution in [0, 0.1) is 20.2 Å². The third-order valence-corrected chi connectivity index (χ3v) is 5.51. The van der Waals surface area contributed by atoms with Crippen molar-refractivity contribution in [2.45, 2.75) is 12.6 Å².